The number of ether oxygens (including phenoxy) is 1. The molecule has 0 aromatic heterocycles. The quantitative estimate of drug-likeness (QED) is 0.359. The van der Waals surface area contributed by atoms with E-state index in [2.05, 4.69) is 0 Å². The van der Waals surface area contributed by atoms with E-state index in [1.807, 2.05) is 12.2 Å². The Morgan fingerprint density at radius 2 is 2.04 bits per heavy atom. The van der Waals surface area contributed by atoms with Crippen molar-refractivity contribution in [2.45, 2.75) is 25.6 Å². The van der Waals surface area contributed by atoms with Crippen LogP contribution in [0.15, 0.2) is 30.4 Å². The fourth-order valence-corrected chi connectivity index (χ4v) is 3.84. The maximum Gasteiger partial charge on any atom is 0.274 e. The Balaban J connectivity index is 1.78. The summed E-state index contributed by atoms with van der Waals surface area (Å²) in [6.45, 7) is 3.41. The molecule has 0 N–H and O–H groups in total. The number of nitrogens with zero attached hydrogens (tertiary/aromatic N) is 2. The molecule has 0 unspecified atom stereocenters. The van der Waals surface area contributed by atoms with Gasteiger partial charge in [0.05, 0.1) is 34.2 Å². The fourth-order valence-electron chi connectivity index (χ4n) is 3.84. The third-order valence-corrected chi connectivity index (χ3v) is 4.98. The molecule has 118 valence electrons. The summed E-state index contributed by atoms with van der Waals surface area (Å²) < 4.78 is 5.75. The molecule has 0 saturated carbocycles. The van der Waals surface area contributed by atoms with E-state index in [1.54, 1.807) is 26.0 Å². The number of hydrogen-bond donors (Lipinski definition) is 0. The van der Waals surface area contributed by atoms with Crippen molar-refractivity contribution in [1.29, 1.82) is 0 Å². The van der Waals surface area contributed by atoms with E-state index in [0.29, 0.717) is 5.56 Å². The summed E-state index contributed by atoms with van der Waals surface area (Å²) in [5.74, 6) is -1.81. The Hall–Kier alpha value is -2.54. The summed E-state index contributed by atoms with van der Waals surface area (Å²) in [6.07, 6.45) is 3.24. The highest BCUT2D eigenvalue weighted by molar-refractivity contribution is 6.23. The second kappa shape index (κ2) is 4.26. The molecule has 2 saturated heterocycles. The molecule has 4 rings (SSSR count). The zero-order chi connectivity index (χ0) is 16.5. The lowest BCUT2D eigenvalue weighted by Crippen LogP contribution is -2.38. The van der Waals surface area contributed by atoms with Crippen LogP contribution in [0.5, 0.6) is 0 Å². The molecule has 23 heavy (non-hydrogen) atoms. The van der Waals surface area contributed by atoms with Gasteiger partial charge in [-0.15, -0.1) is 0 Å². The van der Waals surface area contributed by atoms with Gasteiger partial charge in [0.1, 0.15) is 0 Å². The van der Waals surface area contributed by atoms with Gasteiger partial charge in [0.15, 0.2) is 0 Å². The van der Waals surface area contributed by atoms with Gasteiger partial charge < -0.3 is 4.74 Å². The van der Waals surface area contributed by atoms with Gasteiger partial charge in [-0.2, -0.15) is 0 Å². The second-order valence-electron chi connectivity index (χ2n) is 6.37. The number of imide groups is 1. The Morgan fingerprint density at radius 3 is 2.70 bits per heavy atom. The zero-order valence-corrected chi connectivity index (χ0v) is 12.6. The smallest absolute Gasteiger partial charge is 0.274 e. The number of hydrogen-bond acceptors (Lipinski definition) is 5. The van der Waals surface area contributed by atoms with Gasteiger partial charge in [0.25, 0.3) is 5.69 Å². The van der Waals surface area contributed by atoms with Crippen molar-refractivity contribution in [3.63, 3.8) is 0 Å². The first kappa shape index (κ1) is 14.1. The van der Waals surface area contributed by atoms with Crippen molar-refractivity contribution in [2.75, 3.05) is 4.90 Å². The van der Waals surface area contributed by atoms with Crippen LogP contribution in [0.1, 0.15) is 12.5 Å². The van der Waals surface area contributed by atoms with Crippen molar-refractivity contribution in [3.8, 4) is 0 Å². The predicted octanol–water partition coefficient (Wildman–Crippen LogP) is 1.74. The van der Waals surface area contributed by atoms with Gasteiger partial charge in [-0.1, -0.05) is 18.2 Å². The number of anilines is 1. The Kier molecular flexibility index (Phi) is 2.61. The van der Waals surface area contributed by atoms with Gasteiger partial charge >= 0.3 is 0 Å². The minimum absolute atomic E-state index is 0.108. The van der Waals surface area contributed by atoms with Crippen LogP contribution >= 0.6 is 0 Å². The van der Waals surface area contributed by atoms with Crippen LogP contribution in [0.25, 0.3) is 0 Å². The van der Waals surface area contributed by atoms with E-state index in [4.69, 9.17) is 4.74 Å². The molecule has 1 aromatic carbocycles. The molecule has 0 aliphatic carbocycles. The Bertz CT molecular complexity index is 802. The van der Waals surface area contributed by atoms with E-state index in [9.17, 15) is 19.7 Å². The van der Waals surface area contributed by atoms with Crippen molar-refractivity contribution in [1.82, 2.24) is 0 Å². The first-order valence-corrected chi connectivity index (χ1v) is 7.33. The third-order valence-electron chi connectivity index (χ3n) is 4.98. The number of nitro benzene ring substituents is 1. The van der Waals surface area contributed by atoms with Gasteiger partial charge in [-0.3, -0.25) is 19.7 Å². The number of amides is 2. The second-order valence-corrected chi connectivity index (χ2v) is 6.37. The average Bonchev–Trinajstić information content (AvgIpc) is 3.09. The summed E-state index contributed by atoms with van der Waals surface area (Å²) in [5, 5.41) is 11.1. The van der Waals surface area contributed by atoms with E-state index in [0.717, 1.165) is 4.90 Å². The zero-order valence-electron chi connectivity index (χ0n) is 12.6. The SMILES string of the molecule is Cc1ccc(N2C(=O)[C@H]3[C@@H](C2=O)[C@@]2(C)C=C[C@H]3O2)cc1[N+](=O)[O-]. The first-order valence-electron chi connectivity index (χ1n) is 7.33. The lowest BCUT2D eigenvalue weighted by atomic mass is 9.78. The number of carbonyl (C=O) groups excluding carboxylic acids is 2. The molecule has 3 aliphatic heterocycles. The number of nitro groups is 1. The average molecular weight is 314 g/mol. The van der Waals surface area contributed by atoms with E-state index < -0.39 is 28.5 Å². The molecule has 2 amide bonds. The van der Waals surface area contributed by atoms with Crippen LogP contribution in [0.2, 0.25) is 0 Å². The van der Waals surface area contributed by atoms with Crippen LogP contribution in [-0.4, -0.2) is 28.4 Å². The molecule has 7 nitrogen and oxygen atoms in total. The van der Waals surface area contributed by atoms with Crippen molar-refractivity contribution in [3.05, 3.63) is 46.0 Å². The minimum Gasteiger partial charge on any atom is -0.362 e. The topological polar surface area (TPSA) is 89.8 Å². The Morgan fingerprint density at radius 1 is 1.30 bits per heavy atom. The number of fused-ring (bicyclic) bond motifs is 5. The molecule has 7 heteroatoms. The summed E-state index contributed by atoms with van der Waals surface area (Å²) in [7, 11) is 0. The lowest BCUT2D eigenvalue weighted by Gasteiger charge is -2.24. The van der Waals surface area contributed by atoms with E-state index in [-0.39, 0.29) is 23.2 Å². The maximum absolute atomic E-state index is 12.8. The highest BCUT2D eigenvalue weighted by Gasteiger charge is 2.66. The lowest BCUT2D eigenvalue weighted by molar-refractivity contribution is -0.385. The minimum atomic E-state index is -0.770. The summed E-state index contributed by atoms with van der Waals surface area (Å²) in [4.78, 5) is 37.2. The standard InChI is InChI=1S/C16H14N2O5/c1-8-3-4-9(7-10(8)18(21)22)17-14(19)12-11-5-6-16(2,23-11)13(12)15(17)20/h3-7,11-13H,1-2H3/t11-,12-,13+,16-/m1/s1. The third kappa shape index (κ3) is 1.68. The maximum atomic E-state index is 12.8. The van der Waals surface area contributed by atoms with Crippen molar-refractivity contribution < 1.29 is 19.2 Å². The molecular weight excluding hydrogens is 300 g/mol. The number of benzene rings is 1. The molecular formula is C16H14N2O5. The van der Waals surface area contributed by atoms with Gasteiger partial charge in [0.2, 0.25) is 11.8 Å². The molecule has 1 aromatic rings. The first-order chi connectivity index (χ1) is 10.8. The molecule has 0 radical (unpaired) electrons. The molecule has 2 bridgehead atoms. The normalized spacial score (nSPS) is 34.3. The highest BCUT2D eigenvalue weighted by atomic mass is 16.6. The fraction of sp³-hybridized carbons (Fsp3) is 0.375. The highest BCUT2D eigenvalue weighted by Crippen LogP contribution is 2.52. The van der Waals surface area contributed by atoms with Crippen molar-refractivity contribution >= 4 is 23.2 Å². The van der Waals surface area contributed by atoms with Gasteiger partial charge in [-0.05, 0) is 19.9 Å². The summed E-state index contributed by atoms with van der Waals surface area (Å²) in [6, 6.07) is 4.40. The van der Waals surface area contributed by atoms with Crippen LogP contribution < -0.4 is 4.90 Å². The van der Waals surface area contributed by atoms with Gasteiger partial charge in [-0.25, -0.2) is 4.90 Å². The molecule has 3 aliphatic rings. The number of carbonyl (C=O) groups is 2. The van der Waals surface area contributed by atoms with E-state index >= 15 is 0 Å². The monoisotopic (exact) mass is 314 g/mol. The van der Waals surface area contributed by atoms with Gasteiger partial charge in [0, 0.05) is 11.6 Å². The van der Waals surface area contributed by atoms with Crippen LogP contribution in [0.4, 0.5) is 11.4 Å². The largest absolute Gasteiger partial charge is 0.362 e. The summed E-state index contributed by atoms with van der Waals surface area (Å²) in [5.41, 5.74) is -0.151. The van der Waals surface area contributed by atoms with Crippen LogP contribution in [0.3, 0.4) is 0 Å². The number of rotatable bonds is 2. The molecule has 4 atom stereocenters. The van der Waals surface area contributed by atoms with Crippen LogP contribution in [-0.2, 0) is 14.3 Å². The Labute approximate surface area is 131 Å². The van der Waals surface area contributed by atoms with E-state index in [1.165, 1.54) is 6.07 Å². The molecule has 0 spiro atoms. The van der Waals surface area contributed by atoms with Crippen molar-refractivity contribution in [2.24, 2.45) is 11.8 Å². The predicted molar refractivity (Wildman–Crippen MR) is 79.7 cm³/mol. The molecule has 2 fully saturated rings. The summed E-state index contributed by atoms with van der Waals surface area (Å²) >= 11 is 0. The van der Waals surface area contributed by atoms with Crippen LogP contribution in [0, 0.1) is 28.9 Å². The molecule has 3 heterocycles. The number of aryl methyl sites for hydroxylation is 1.